The van der Waals surface area contributed by atoms with E-state index in [1.165, 1.54) is 0 Å². The van der Waals surface area contributed by atoms with E-state index in [0.717, 1.165) is 23.3 Å². The molecule has 0 unspecified atom stereocenters. The summed E-state index contributed by atoms with van der Waals surface area (Å²) in [4.78, 5) is 46.8. The molecular formula is C16H26CdN8O8+2. The van der Waals surface area contributed by atoms with Crippen LogP contribution in [0.2, 0.25) is 0 Å². The van der Waals surface area contributed by atoms with Crippen LogP contribution in [-0.2, 0) is 47.8 Å². The van der Waals surface area contributed by atoms with E-state index in [2.05, 4.69) is 39.9 Å². The molecule has 33 heavy (non-hydrogen) atoms. The summed E-state index contributed by atoms with van der Waals surface area (Å²) in [5.41, 5.74) is 0. The fraction of sp³-hybridized carbons (Fsp3) is 0.125. The van der Waals surface area contributed by atoms with Gasteiger partial charge >= 0.3 is 27.3 Å². The molecule has 0 atom stereocenters. The standard InChI is InChI=1S/2C6H6N4.C4H6O4.Cd.4H2O/c2*1-2-8-5(7-1)6-9-3-4-10-6;5-3(6)1-2-4(7)8;;;;;/h2*1-4H,(H,7,8)(H,9,10);1-2H2,(H,5,6)(H,7,8);;4*1H2/q;;;+2;;;;. The zero-order valence-corrected chi connectivity index (χ0v) is 21.4. The van der Waals surface area contributed by atoms with Gasteiger partial charge in [0.05, 0.1) is 0 Å². The van der Waals surface area contributed by atoms with Gasteiger partial charge in [-0.3, -0.25) is 0 Å². The first-order valence-corrected chi connectivity index (χ1v) is 7.94. The van der Waals surface area contributed by atoms with Crippen LogP contribution >= 0.6 is 0 Å². The van der Waals surface area contributed by atoms with E-state index in [1.54, 1.807) is 49.6 Å². The summed E-state index contributed by atoms with van der Waals surface area (Å²) in [5.74, 6) is 0.341. The average molecular weight is 571 g/mol. The Balaban J connectivity index is -0.000000179. The van der Waals surface area contributed by atoms with E-state index < -0.39 is 24.8 Å². The van der Waals surface area contributed by atoms with Crippen LogP contribution in [0.25, 0.3) is 23.3 Å². The summed E-state index contributed by atoms with van der Waals surface area (Å²) in [5, 5.41) is 19.0. The largest absolute Gasteiger partial charge is 2.00 e. The van der Waals surface area contributed by atoms with E-state index in [1.807, 2.05) is 0 Å². The molecule has 0 aliphatic rings. The predicted octanol–water partition coefficient (Wildman–Crippen LogP) is -4.63. The van der Waals surface area contributed by atoms with E-state index in [9.17, 15) is 19.8 Å². The average Bonchev–Trinajstić information content (AvgIpc) is 3.48. The maximum absolute atomic E-state index is 9.50. The third kappa shape index (κ3) is 14.3. The molecular weight excluding hydrogens is 545 g/mol. The van der Waals surface area contributed by atoms with Crippen LogP contribution in [0.4, 0.5) is 0 Å². The van der Waals surface area contributed by atoms with Crippen molar-refractivity contribution < 1.29 is 69.0 Å². The minimum absolute atomic E-state index is 0. The number of carboxylic acids is 2. The number of nitrogens with one attached hydrogen (secondary N) is 4. The van der Waals surface area contributed by atoms with Gasteiger partial charge in [-0.25, -0.2) is 19.9 Å². The number of aliphatic carboxylic acids is 2. The smallest absolute Gasteiger partial charge is 0.550 e. The van der Waals surface area contributed by atoms with Crippen molar-refractivity contribution in [3.63, 3.8) is 0 Å². The molecule has 0 aromatic carbocycles. The number of carboxylic acid groups (broad SMARTS) is 2. The van der Waals surface area contributed by atoms with Gasteiger partial charge in [0.2, 0.25) is 0 Å². The molecule has 4 aromatic heterocycles. The van der Waals surface area contributed by atoms with Crippen LogP contribution in [0.3, 0.4) is 0 Å². The SMILES string of the molecule is O.O.O=C([O-])CCC(=O)[O-].[Cd+2].[OH3+].[OH3+].c1c[nH]c(-c2ncc[nH]2)n1.c1c[nH]c(-c2ncc[nH]2)n1. The zero-order valence-electron chi connectivity index (χ0n) is 17.3. The third-order valence-electron chi connectivity index (χ3n) is 2.97. The second-order valence-corrected chi connectivity index (χ2v) is 5.00. The molecule has 4 rings (SSSR count). The first-order chi connectivity index (χ1) is 13.6. The van der Waals surface area contributed by atoms with Crippen molar-refractivity contribution >= 4 is 11.9 Å². The Kier molecular flexibility index (Phi) is 22.9. The van der Waals surface area contributed by atoms with Gasteiger partial charge in [0, 0.05) is 61.5 Å². The Hall–Kier alpha value is -3.46. The summed E-state index contributed by atoms with van der Waals surface area (Å²) in [7, 11) is 0. The second-order valence-electron chi connectivity index (χ2n) is 5.00. The van der Waals surface area contributed by atoms with Gasteiger partial charge in [-0.1, -0.05) is 0 Å². The molecule has 16 nitrogen and oxygen atoms in total. The zero-order chi connectivity index (χ0) is 20.2. The molecule has 0 spiro atoms. The van der Waals surface area contributed by atoms with Crippen LogP contribution in [-0.4, -0.2) is 62.8 Å². The Morgan fingerprint density at radius 2 is 0.818 bits per heavy atom. The maximum Gasteiger partial charge on any atom is 2.00 e. The summed E-state index contributed by atoms with van der Waals surface area (Å²) in [6.45, 7) is 0. The van der Waals surface area contributed by atoms with Crippen LogP contribution in [0, 0.1) is 0 Å². The molecule has 0 amide bonds. The van der Waals surface area contributed by atoms with E-state index in [4.69, 9.17) is 0 Å². The van der Waals surface area contributed by atoms with Gasteiger partial charge < -0.3 is 61.6 Å². The quantitative estimate of drug-likeness (QED) is 0.133. The normalized spacial score (nSPS) is 8.12. The minimum atomic E-state index is -1.37. The van der Waals surface area contributed by atoms with Crippen LogP contribution in [0.5, 0.6) is 0 Å². The fourth-order valence-electron chi connectivity index (χ4n) is 1.78. The Bertz CT molecular complexity index is 789. The van der Waals surface area contributed by atoms with Crippen molar-refractivity contribution in [2.45, 2.75) is 12.8 Å². The Morgan fingerprint density at radius 3 is 0.939 bits per heavy atom. The number of aromatic nitrogens is 8. The van der Waals surface area contributed by atoms with Crippen LogP contribution < -0.4 is 10.2 Å². The number of carbonyl (C=O) groups is 2. The van der Waals surface area contributed by atoms with Crippen molar-refractivity contribution in [2.24, 2.45) is 0 Å². The molecule has 14 N–H and O–H groups in total. The van der Waals surface area contributed by atoms with Crippen molar-refractivity contribution in [2.75, 3.05) is 0 Å². The first-order valence-electron chi connectivity index (χ1n) is 7.94. The molecule has 0 saturated heterocycles. The van der Waals surface area contributed by atoms with Gasteiger partial charge in [0.25, 0.3) is 0 Å². The molecule has 4 aromatic rings. The van der Waals surface area contributed by atoms with Crippen LogP contribution in [0.1, 0.15) is 12.8 Å². The van der Waals surface area contributed by atoms with Crippen molar-refractivity contribution in [3.8, 4) is 23.3 Å². The maximum atomic E-state index is 9.50. The van der Waals surface area contributed by atoms with E-state index >= 15 is 0 Å². The fourth-order valence-corrected chi connectivity index (χ4v) is 1.78. The molecule has 4 heterocycles. The number of aromatic amines is 4. The second kappa shape index (κ2) is 20.4. The van der Waals surface area contributed by atoms with Gasteiger partial charge in [-0.15, -0.1) is 0 Å². The molecule has 0 aliphatic carbocycles. The number of carbonyl (C=O) groups excluding carboxylic acids is 2. The van der Waals surface area contributed by atoms with Gasteiger partial charge in [-0.05, 0) is 12.8 Å². The number of nitrogens with zero attached hydrogens (tertiary/aromatic N) is 4. The molecule has 0 bridgehead atoms. The van der Waals surface area contributed by atoms with Gasteiger partial charge in [0.1, 0.15) is 0 Å². The molecule has 178 valence electrons. The number of hydrogen-bond acceptors (Lipinski definition) is 8. The first kappa shape index (κ1) is 36.9. The van der Waals surface area contributed by atoms with Crippen molar-refractivity contribution in [1.29, 1.82) is 0 Å². The number of hydrogen-bond donors (Lipinski definition) is 4. The van der Waals surface area contributed by atoms with Crippen molar-refractivity contribution in [1.82, 2.24) is 39.9 Å². The summed E-state index contributed by atoms with van der Waals surface area (Å²) in [6.07, 6.45) is 12.9. The monoisotopic (exact) mass is 572 g/mol. The minimum Gasteiger partial charge on any atom is -0.550 e. The molecule has 17 heteroatoms. The summed E-state index contributed by atoms with van der Waals surface area (Å²) >= 11 is 0. The van der Waals surface area contributed by atoms with Crippen LogP contribution in [0.15, 0.2) is 49.6 Å². The van der Waals surface area contributed by atoms with E-state index in [-0.39, 0.29) is 49.2 Å². The Morgan fingerprint density at radius 1 is 0.606 bits per heavy atom. The number of imidazole rings is 4. The summed E-state index contributed by atoms with van der Waals surface area (Å²) < 4.78 is 0. The van der Waals surface area contributed by atoms with Gasteiger partial charge in [-0.2, -0.15) is 0 Å². The number of H-pyrrole nitrogens is 4. The molecule has 0 aliphatic heterocycles. The molecule has 0 saturated carbocycles. The van der Waals surface area contributed by atoms with Crippen molar-refractivity contribution in [3.05, 3.63) is 49.6 Å². The Labute approximate surface area is 206 Å². The van der Waals surface area contributed by atoms with E-state index in [0.29, 0.717) is 0 Å². The van der Waals surface area contributed by atoms with Gasteiger partial charge in [0.15, 0.2) is 23.3 Å². The predicted molar refractivity (Wildman–Crippen MR) is 109 cm³/mol. The molecule has 0 fully saturated rings. The summed E-state index contributed by atoms with van der Waals surface area (Å²) in [6, 6.07) is 0. The molecule has 0 radical (unpaired) electrons. The third-order valence-corrected chi connectivity index (χ3v) is 2.97. The number of rotatable bonds is 5. The topological polar surface area (TPSA) is 324 Å².